The minimum Gasteiger partial charge on any atom is -0.434 e. The molecule has 0 N–H and O–H groups in total. The van der Waals surface area contributed by atoms with E-state index < -0.39 is 0 Å². The zero-order valence-corrected chi connectivity index (χ0v) is 9.65. The molecule has 3 heterocycles. The second-order valence-electron chi connectivity index (χ2n) is 3.80. The van der Waals surface area contributed by atoms with E-state index in [0.29, 0.717) is 17.1 Å². The van der Waals surface area contributed by atoms with Gasteiger partial charge in [0.15, 0.2) is 17.7 Å². The highest BCUT2D eigenvalue weighted by molar-refractivity contribution is 5.78. The monoisotopic (exact) mass is 242 g/mol. The van der Waals surface area contributed by atoms with Gasteiger partial charge >= 0.3 is 0 Å². The minimum absolute atomic E-state index is 0.282. The topological polar surface area (TPSA) is 61.4 Å². The number of imidazole rings is 1. The van der Waals surface area contributed by atoms with Crippen molar-refractivity contribution in [3.8, 4) is 11.6 Å². The van der Waals surface area contributed by atoms with Crippen molar-refractivity contribution in [2.24, 2.45) is 7.05 Å². The zero-order valence-electron chi connectivity index (χ0n) is 9.65. The van der Waals surface area contributed by atoms with Crippen molar-refractivity contribution in [1.29, 1.82) is 0 Å². The van der Waals surface area contributed by atoms with Crippen molar-refractivity contribution in [2.75, 3.05) is 0 Å². The first-order valence-corrected chi connectivity index (χ1v) is 5.36. The third-order valence-electron chi connectivity index (χ3n) is 2.54. The average Bonchev–Trinajstić information content (AvgIpc) is 2.92. The number of carbonyl (C=O) groups excluding carboxylic acids is 1. The number of nitrogens with zero attached hydrogens (tertiary/aromatic N) is 4. The third kappa shape index (κ3) is 1.64. The van der Waals surface area contributed by atoms with Crippen molar-refractivity contribution in [3.63, 3.8) is 0 Å². The van der Waals surface area contributed by atoms with E-state index in [-0.39, 0.29) is 5.88 Å². The number of aldehydes is 1. The van der Waals surface area contributed by atoms with Gasteiger partial charge in [-0.05, 0) is 12.1 Å². The largest absolute Gasteiger partial charge is 0.434 e. The number of fused-ring (bicyclic) bond motifs is 1. The molecule has 0 unspecified atom stereocenters. The molecule has 18 heavy (non-hydrogen) atoms. The van der Waals surface area contributed by atoms with Crippen molar-refractivity contribution in [3.05, 3.63) is 42.5 Å². The van der Waals surface area contributed by atoms with Gasteiger partial charge in [0, 0.05) is 13.2 Å². The number of ether oxygens (including phenoxy) is 1. The summed E-state index contributed by atoms with van der Waals surface area (Å²) in [5.41, 5.74) is 1.05. The Morgan fingerprint density at radius 1 is 1.39 bits per heavy atom. The first kappa shape index (κ1) is 10.5. The van der Waals surface area contributed by atoms with E-state index in [1.807, 2.05) is 18.2 Å². The summed E-state index contributed by atoms with van der Waals surface area (Å²) in [6.07, 6.45) is 5.77. The smallest absolute Gasteiger partial charge is 0.249 e. The van der Waals surface area contributed by atoms with Crippen LogP contribution in [0, 0.1) is 0 Å². The maximum atomic E-state index is 11.1. The van der Waals surface area contributed by atoms with E-state index >= 15 is 0 Å². The highest BCUT2D eigenvalue weighted by atomic mass is 16.5. The Kier molecular flexibility index (Phi) is 2.33. The molecule has 3 rings (SSSR count). The summed E-state index contributed by atoms with van der Waals surface area (Å²) in [5.74, 6) is 0.827. The highest BCUT2D eigenvalue weighted by Gasteiger charge is 2.13. The molecule has 0 atom stereocenters. The van der Waals surface area contributed by atoms with Crippen LogP contribution in [0.5, 0.6) is 11.6 Å². The summed E-state index contributed by atoms with van der Waals surface area (Å²) in [6.45, 7) is 0. The Hall–Kier alpha value is -2.63. The number of hydrogen-bond donors (Lipinski definition) is 0. The van der Waals surface area contributed by atoms with Crippen LogP contribution >= 0.6 is 0 Å². The number of aryl methyl sites for hydroxylation is 1. The molecule has 0 aliphatic heterocycles. The van der Waals surface area contributed by atoms with Gasteiger partial charge in [-0.25, -0.2) is 0 Å². The van der Waals surface area contributed by atoms with Gasteiger partial charge in [0.25, 0.3) is 0 Å². The van der Waals surface area contributed by atoms with Crippen molar-refractivity contribution < 1.29 is 9.53 Å². The molecule has 6 nitrogen and oxygen atoms in total. The van der Waals surface area contributed by atoms with E-state index in [1.54, 1.807) is 34.7 Å². The summed E-state index contributed by atoms with van der Waals surface area (Å²) in [4.78, 5) is 15.4. The lowest BCUT2D eigenvalue weighted by Crippen LogP contribution is -1.92. The van der Waals surface area contributed by atoms with Crippen LogP contribution < -0.4 is 4.74 Å². The van der Waals surface area contributed by atoms with E-state index in [0.717, 1.165) is 6.29 Å². The molecule has 90 valence electrons. The van der Waals surface area contributed by atoms with Crippen LogP contribution in [0.15, 0.2) is 36.8 Å². The Balaban J connectivity index is 2.08. The molecular weight excluding hydrogens is 232 g/mol. The fourth-order valence-corrected chi connectivity index (χ4v) is 1.74. The molecule has 0 aliphatic rings. The quantitative estimate of drug-likeness (QED) is 0.655. The standard InChI is InChI=1S/C12H10N4O2/c1-15-7-9(6-13-15)18-12-10(8-17)16-5-3-2-4-11(16)14-12/h2-8H,1H3. The lowest BCUT2D eigenvalue weighted by Gasteiger charge is -1.98. The second kappa shape index (κ2) is 3.99. The highest BCUT2D eigenvalue weighted by Crippen LogP contribution is 2.23. The fourth-order valence-electron chi connectivity index (χ4n) is 1.74. The van der Waals surface area contributed by atoms with Gasteiger partial charge in [0.05, 0.1) is 12.4 Å². The number of hydrogen-bond acceptors (Lipinski definition) is 4. The summed E-state index contributed by atoms with van der Waals surface area (Å²) in [6, 6.07) is 5.49. The van der Waals surface area contributed by atoms with Crippen LogP contribution in [0.1, 0.15) is 10.5 Å². The van der Waals surface area contributed by atoms with Gasteiger partial charge in [0.2, 0.25) is 5.88 Å². The van der Waals surface area contributed by atoms with Gasteiger partial charge in [-0.1, -0.05) is 6.07 Å². The Labute approximate surface area is 102 Å². The Morgan fingerprint density at radius 2 is 2.28 bits per heavy atom. The molecule has 0 saturated carbocycles. The SMILES string of the molecule is Cn1cc(Oc2nc3ccccn3c2C=O)cn1. The zero-order chi connectivity index (χ0) is 12.5. The van der Waals surface area contributed by atoms with Crippen molar-refractivity contribution in [2.45, 2.75) is 0 Å². The van der Waals surface area contributed by atoms with E-state index in [9.17, 15) is 4.79 Å². The second-order valence-corrected chi connectivity index (χ2v) is 3.80. The third-order valence-corrected chi connectivity index (χ3v) is 2.54. The molecule has 3 aromatic rings. The van der Waals surface area contributed by atoms with Crippen LogP contribution in [0.3, 0.4) is 0 Å². The van der Waals surface area contributed by atoms with Gasteiger partial charge < -0.3 is 4.74 Å². The van der Waals surface area contributed by atoms with Crippen LogP contribution in [0.4, 0.5) is 0 Å². The molecule has 3 aromatic heterocycles. The molecule has 0 amide bonds. The van der Waals surface area contributed by atoms with Gasteiger partial charge in [-0.3, -0.25) is 13.9 Å². The predicted molar refractivity (Wildman–Crippen MR) is 63.9 cm³/mol. The van der Waals surface area contributed by atoms with Crippen molar-refractivity contribution in [1.82, 2.24) is 19.2 Å². The number of aromatic nitrogens is 4. The number of pyridine rings is 1. The molecule has 0 fully saturated rings. The Morgan fingerprint density at radius 3 is 3.00 bits per heavy atom. The molecule has 0 saturated heterocycles. The summed E-state index contributed by atoms with van der Waals surface area (Å²) < 4.78 is 8.86. The molecule has 0 spiro atoms. The summed E-state index contributed by atoms with van der Waals surface area (Å²) in [7, 11) is 1.79. The molecular formula is C12H10N4O2. The first-order valence-electron chi connectivity index (χ1n) is 5.36. The van der Waals surface area contributed by atoms with Crippen LogP contribution in [0.25, 0.3) is 5.65 Å². The molecule has 0 aromatic carbocycles. The van der Waals surface area contributed by atoms with Gasteiger partial charge in [-0.15, -0.1) is 0 Å². The van der Waals surface area contributed by atoms with E-state index in [4.69, 9.17) is 4.74 Å². The van der Waals surface area contributed by atoms with Crippen LogP contribution in [-0.4, -0.2) is 25.5 Å². The molecule has 0 bridgehead atoms. The predicted octanol–water partition coefficient (Wildman–Crippen LogP) is 1.67. The van der Waals surface area contributed by atoms with Crippen LogP contribution in [0.2, 0.25) is 0 Å². The van der Waals surface area contributed by atoms with Crippen LogP contribution in [-0.2, 0) is 7.05 Å². The number of rotatable bonds is 3. The van der Waals surface area contributed by atoms with Gasteiger partial charge in [-0.2, -0.15) is 10.1 Å². The summed E-state index contributed by atoms with van der Waals surface area (Å²) in [5, 5.41) is 3.99. The Bertz CT molecular complexity index is 714. The lowest BCUT2D eigenvalue weighted by atomic mass is 10.4. The molecule has 0 aliphatic carbocycles. The fraction of sp³-hybridized carbons (Fsp3) is 0.0833. The summed E-state index contributed by atoms with van der Waals surface area (Å²) >= 11 is 0. The molecule has 6 heteroatoms. The maximum absolute atomic E-state index is 11.1. The minimum atomic E-state index is 0.282. The maximum Gasteiger partial charge on any atom is 0.249 e. The number of carbonyl (C=O) groups is 1. The lowest BCUT2D eigenvalue weighted by molar-refractivity contribution is 0.111. The first-order chi connectivity index (χ1) is 8.78. The van der Waals surface area contributed by atoms with E-state index in [1.165, 1.54) is 0 Å². The van der Waals surface area contributed by atoms with Crippen molar-refractivity contribution >= 4 is 11.9 Å². The average molecular weight is 242 g/mol. The van der Waals surface area contributed by atoms with Gasteiger partial charge in [0.1, 0.15) is 5.65 Å². The normalized spacial score (nSPS) is 10.7. The van der Waals surface area contributed by atoms with E-state index in [2.05, 4.69) is 10.1 Å². The molecule has 0 radical (unpaired) electrons.